The lowest BCUT2D eigenvalue weighted by molar-refractivity contribution is 0.372. The molecule has 0 spiro atoms. The minimum Gasteiger partial charge on any atom is -0.493 e. The van der Waals surface area contributed by atoms with E-state index in [2.05, 4.69) is 10.2 Å². The van der Waals surface area contributed by atoms with E-state index < -0.39 is 0 Å². The molecule has 0 N–H and O–H groups in total. The third-order valence-electron chi connectivity index (χ3n) is 2.11. The number of hydrogen-bond donors (Lipinski definition) is 0. The summed E-state index contributed by atoms with van der Waals surface area (Å²) in [6, 6.07) is 10.0. The average Bonchev–Trinajstić information content (AvgIpc) is 2.41. The molecule has 0 aliphatic rings. The fraction of sp³-hybridized carbons (Fsp3) is 0.0833. The van der Waals surface area contributed by atoms with Crippen molar-refractivity contribution >= 4 is 11.6 Å². The minimum absolute atomic E-state index is 0.286. The first kappa shape index (κ1) is 12.1. The number of ether oxygens (including phenoxy) is 2. The highest BCUT2D eigenvalue weighted by molar-refractivity contribution is 6.29. The summed E-state index contributed by atoms with van der Waals surface area (Å²) in [5.74, 6) is 1.20. The van der Waals surface area contributed by atoms with E-state index >= 15 is 0 Å². The molecule has 0 saturated carbocycles. The van der Waals surface area contributed by atoms with Crippen LogP contribution in [0.15, 0.2) is 30.3 Å². The standard InChI is InChI=1S/C12H8ClN3O2/c1-17-10-6-8(7-14)2-3-9(10)18-12-5-4-11(13)15-16-12/h2-6H,1H3. The lowest BCUT2D eigenvalue weighted by Gasteiger charge is -2.09. The Labute approximate surface area is 109 Å². The third kappa shape index (κ3) is 2.67. The van der Waals surface area contributed by atoms with Crippen LogP contribution in [0.25, 0.3) is 0 Å². The van der Waals surface area contributed by atoms with Gasteiger partial charge in [0.2, 0.25) is 5.88 Å². The SMILES string of the molecule is COc1cc(C#N)ccc1Oc1ccc(Cl)nn1. The molecule has 1 aromatic heterocycles. The van der Waals surface area contributed by atoms with Crippen LogP contribution in [0.5, 0.6) is 17.4 Å². The molecule has 0 radical (unpaired) electrons. The van der Waals surface area contributed by atoms with Gasteiger partial charge in [0.05, 0.1) is 18.7 Å². The van der Waals surface area contributed by atoms with E-state index in [1.54, 1.807) is 30.3 Å². The van der Waals surface area contributed by atoms with E-state index in [-0.39, 0.29) is 5.15 Å². The molecule has 0 aliphatic carbocycles. The van der Waals surface area contributed by atoms with Gasteiger partial charge in [-0.1, -0.05) is 11.6 Å². The molecule has 6 heteroatoms. The van der Waals surface area contributed by atoms with Crippen LogP contribution < -0.4 is 9.47 Å². The summed E-state index contributed by atoms with van der Waals surface area (Å²) in [4.78, 5) is 0. The molecule has 1 aromatic carbocycles. The molecule has 90 valence electrons. The molecule has 2 rings (SSSR count). The molecule has 0 saturated heterocycles. The van der Waals surface area contributed by atoms with Crippen molar-refractivity contribution < 1.29 is 9.47 Å². The van der Waals surface area contributed by atoms with Gasteiger partial charge in [0.1, 0.15) is 0 Å². The fourth-order valence-electron chi connectivity index (χ4n) is 1.29. The Kier molecular flexibility index (Phi) is 3.60. The lowest BCUT2D eigenvalue weighted by Crippen LogP contribution is -1.94. The lowest BCUT2D eigenvalue weighted by atomic mass is 10.2. The molecule has 0 fully saturated rings. The first-order chi connectivity index (χ1) is 8.72. The predicted molar refractivity (Wildman–Crippen MR) is 64.8 cm³/mol. The van der Waals surface area contributed by atoms with Crippen LogP contribution in [0.1, 0.15) is 5.56 Å². The van der Waals surface area contributed by atoms with E-state index in [1.165, 1.54) is 7.11 Å². The van der Waals surface area contributed by atoms with Gasteiger partial charge in [-0.2, -0.15) is 5.26 Å². The molecule has 2 aromatic rings. The summed E-state index contributed by atoms with van der Waals surface area (Å²) >= 11 is 5.62. The summed E-state index contributed by atoms with van der Waals surface area (Å²) in [7, 11) is 1.50. The Morgan fingerprint density at radius 1 is 1.17 bits per heavy atom. The summed E-state index contributed by atoms with van der Waals surface area (Å²) in [6.07, 6.45) is 0. The van der Waals surface area contributed by atoms with E-state index in [1.807, 2.05) is 6.07 Å². The Hall–Kier alpha value is -2.32. The van der Waals surface area contributed by atoms with Crippen molar-refractivity contribution in [1.29, 1.82) is 5.26 Å². The van der Waals surface area contributed by atoms with Gasteiger partial charge in [-0.05, 0) is 18.2 Å². The zero-order valence-corrected chi connectivity index (χ0v) is 10.2. The molecule has 5 nitrogen and oxygen atoms in total. The summed E-state index contributed by atoms with van der Waals surface area (Å²) in [5.41, 5.74) is 0.487. The van der Waals surface area contributed by atoms with Crippen LogP contribution >= 0.6 is 11.6 Å². The number of nitriles is 1. The first-order valence-electron chi connectivity index (χ1n) is 4.98. The van der Waals surface area contributed by atoms with Crippen molar-refractivity contribution in [2.75, 3.05) is 7.11 Å². The summed E-state index contributed by atoms with van der Waals surface area (Å²) in [6.45, 7) is 0. The molecule has 0 unspecified atom stereocenters. The van der Waals surface area contributed by atoms with Gasteiger partial charge in [-0.25, -0.2) is 0 Å². The predicted octanol–water partition coefficient (Wildman–Crippen LogP) is 2.80. The highest BCUT2D eigenvalue weighted by atomic mass is 35.5. The maximum atomic E-state index is 8.79. The van der Waals surface area contributed by atoms with E-state index in [4.69, 9.17) is 26.3 Å². The van der Waals surface area contributed by atoms with Crippen molar-refractivity contribution in [3.8, 4) is 23.4 Å². The molecule has 0 aliphatic heterocycles. The fourth-order valence-corrected chi connectivity index (χ4v) is 1.39. The molecule has 0 amide bonds. The number of aromatic nitrogens is 2. The zero-order valence-electron chi connectivity index (χ0n) is 9.42. The van der Waals surface area contributed by atoms with Crippen molar-refractivity contribution in [3.05, 3.63) is 41.0 Å². The van der Waals surface area contributed by atoms with Crippen LogP contribution in [0.3, 0.4) is 0 Å². The normalized spacial score (nSPS) is 9.61. The Bertz CT molecular complexity index is 593. The third-order valence-corrected chi connectivity index (χ3v) is 2.32. The largest absolute Gasteiger partial charge is 0.493 e. The second-order valence-corrected chi connectivity index (χ2v) is 3.66. The van der Waals surface area contributed by atoms with Gasteiger partial charge in [-0.15, -0.1) is 10.2 Å². The smallest absolute Gasteiger partial charge is 0.239 e. The molecular formula is C12H8ClN3O2. The van der Waals surface area contributed by atoms with Crippen LogP contribution in [0.4, 0.5) is 0 Å². The highest BCUT2D eigenvalue weighted by Gasteiger charge is 2.08. The molecule has 1 heterocycles. The monoisotopic (exact) mass is 261 g/mol. The van der Waals surface area contributed by atoms with Crippen LogP contribution in [-0.2, 0) is 0 Å². The van der Waals surface area contributed by atoms with Gasteiger partial charge in [-0.3, -0.25) is 0 Å². The van der Waals surface area contributed by atoms with Crippen LogP contribution in [0.2, 0.25) is 5.15 Å². The van der Waals surface area contributed by atoms with Gasteiger partial charge >= 0.3 is 0 Å². The number of benzene rings is 1. The second kappa shape index (κ2) is 5.34. The quantitative estimate of drug-likeness (QED) is 0.850. The molecule has 18 heavy (non-hydrogen) atoms. The Morgan fingerprint density at radius 2 is 2.00 bits per heavy atom. The summed E-state index contributed by atoms with van der Waals surface area (Å²) in [5, 5.41) is 16.5. The Balaban J connectivity index is 2.29. The van der Waals surface area contributed by atoms with Gasteiger partial charge in [0.25, 0.3) is 0 Å². The second-order valence-electron chi connectivity index (χ2n) is 3.27. The molecular weight excluding hydrogens is 254 g/mol. The maximum absolute atomic E-state index is 8.79. The minimum atomic E-state index is 0.286. The van der Waals surface area contributed by atoms with Gasteiger partial charge < -0.3 is 9.47 Å². The summed E-state index contributed by atoms with van der Waals surface area (Å²) < 4.78 is 10.6. The topological polar surface area (TPSA) is 68.0 Å². The molecule has 0 atom stereocenters. The van der Waals surface area contributed by atoms with Crippen LogP contribution in [-0.4, -0.2) is 17.3 Å². The van der Waals surface area contributed by atoms with Crippen molar-refractivity contribution in [1.82, 2.24) is 10.2 Å². The number of halogens is 1. The van der Waals surface area contributed by atoms with E-state index in [0.29, 0.717) is 22.9 Å². The van der Waals surface area contributed by atoms with E-state index in [0.717, 1.165) is 0 Å². The number of hydrogen-bond acceptors (Lipinski definition) is 5. The average molecular weight is 262 g/mol. The van der Waals surface area contributed by atoms with Crippen molar-refractivity contribution in [2.24, 2.45) is 0 Å². The number of rotatable bonds is 3. The Morgan fingerprint density at radius 3 is 2.61 bits per heavy atom. The molecule has 0 bridgehead atoms. The van der Waals surface area contributed by atoms with E-state index in [9.17, 15) is 0 Å². The zero-order chi connectivity index (χ0) is 13.0. The first-order valence-corrected chi connectivity index (χ1v) is 5.36. The maximum Gasteiger partial charge on any atom is 0.239 e. The van der Waals surface area contributed by atoms with Crippen LogP contribution in [0, 0.1) is 11.3 Å². The number of methoxy groups -OCH3 is 1. The highest BCUT2D eigenvalue weighted by Crippen LogP contribution is 2.31. The van der Waals surface area contributed by atoms with Crippen molar-refractivity contribution in [2.45, 2.75) is 0 Å². The van der Waals surface area contributed by atoms with Gasteiger partial charge in [0.15, 0.2) is 16.7 Å². The number of nitrogens with zero attached hydrogens (tertiary/aromatic N) is 3. The van der Waals surface area contributed by atoms with Gasteiger partial charge in [0, 0.05) is 12.1 Å². The van der Waals surface area contributed by atoms with Crippen molar-refractivity contribution in [3.63, 3.8) is 0 Å².